The highest BCUT2D eigenvalue weighted by molar-refractivity contribution is 9.11. The highest BCUT2D eigenvalue weighted by Gasteiger charge is 2.27. The zero-order valence-electron chi connectivity index (χ0n) is 13.1. The summed E-state index contributed by atoms with van der Waals surface area (Å²) < 4.78 is 34.2. The fourth-order valence-electron chi connectivity index (χ4n) is 2.58. The van der Waals surface area contributed by atoms with Crippen molar-refractivity contribution in [3.05, 3.63) is 46.3 Å². The van der Waals surface area contributed by atoms with Gasteiger partial charge < -0.3 is 4.74 Å². The molecule has 1 aliphatic heterocycles. The van der Waals surface area contributed by atoms with Gasteiger partial charge in [-0.3, -0.25) is 9.21 Å². The molecule has 0 aliphatic carbocycles. The van der Waals surface area contributed by atoms with Gasteiger partial charge in [0.2, 0.25) is 0 Å². The van der Waals surface area contributed by atoms with Crippen LogP contribution in [0.1, 0.15) is 0 Å². The number of thiophene rings is 1. The summed E-state index contributed by atoms with van der Waals surface area (Å²) in [5.41, 5.74) is 0.690. The Labute approximate surface area is 155 Å². The lowest BCUT2D eigenvalue weighted by atomic mass is 10.3. The van der Waals surface area contributed by atoms with E-state index in [2.05, 4.69) is 20.8 Å². The van der Waals surface area contributed by atoms with Gasteiger partial charge >= 0.3 is 0 Å². The van der Waals surface area contributed by atoms with Crippen molar-refractivity contribution in [3.8, 4) is 0 Å². The molecule has 0 atom stereocenters. The summed E-state index contributed by atoms with van der Waals surface area (Å²) in [7, 11) is -3.57. The Morgan fingerprint density at radius 3 is 2.46 bits per heavy atom. The van der Waals surface area contributed by atoms with Gasteiger partial charge in [0.15, 0.2) is 0 Å². The zero-order valence-corrected chi connectivity index (χ0v) is 16.3. The number of sulfonamides is 1. The average molecular weight is 431 g/mol. The summed E-state index contributed by atoms with van der Waals surface area (Å²) in [5, 5.41) is 0. The van der Waals surface area contributed by atoms with Crippen LogP contribution in [0.2, 0.25) is 0 Å². The normalized spacial score (nSPS) is 16.2. The summed E-state index contributed by atoms with van der Waals surface area (Å²) >= 11 is 4.58. The average Bonchev–Trinajstić information content (AvgIpc) is 3.04. The molecule has 0 saturated carbocycles. The van der Waals surface area contributed by atoms with Gasteiger partial charge in [-0.25, -0.2) is 8.42 Å². The van der Waals surface area contributed by atoms with Crippen LogP contribution in [-0.2, 0) is 14.8 Å². The van der Waals surface area contributed by atoms with Gasteiger partial charge in [-0.1, -0.05) is 18.2 Å². The van der Waals surface area contributed by atoms with Crippen LogP contribution < -0.4 is 4.31 Å². The molecule has 1 fully saturated rings. The molecule has 2 aromatic rings. The number of benzene rings is 1. The minimum Gasteiger partial charge on any atom is -0.379 e. The number of halogens is 1. The molecule has 24 heavy (non-hydrogen) atoms. The number of hydrogen-bond acceptors (Lipinski definition) is 5. The molecule has 130 valence electrons. The van der Waals surface area contributed by atoms with E-state index in [1.165, 1.54) is 15.6 Å². The quantitative estimate of drug-likeness (QED) is 0.706. The Balaban J connectivity index is 1.84. The molecule has 1 aromatic heterocycles. The van der Waals surface area contributed by atoms with E-state index in [1.54, 1.807) is 12.1 Å². The van der Waals surface area contributed by atoms with Gasteiger partial charge in [-0.05, 0) is 40.2 Å². The van der Waals surface area contributed by atoms with Crippen LogP contribution in [0.3, 0.4) is 0 Å². The molecule has 0 radical (unpaired) electrons. The maximum Gasteiger partial charge on any atom is 0.273 e. The molecule has 0 amide bonds. The molecule has 0 unspecified atom stereocenters. The second kappa shape index (κ2) is 7.97. The fraction of sp³-hybridized carbons (Fsp3) is 0.375. The largest absolute Gasteiger partial charge is 0.379 e. The molecule has 3 rings (SSSR count). The number of ether oxygens (including phenoxy) is 1. The van der Waals surface area contributed by atoms with E-state index >= 15 is 0 Å². The van der Waals surface area contributed by atoms with Crippen LogP contribution in [0, 0.1) is 0 Å². The predicted octanol–water partition coefficient (Wildman–Crippen LogP) is 3.04. The summed E-state index contributed by atoms with van der Waals surface area (Å²) in [6.45, 7) is 4.19. The van der Waals surface area contributed by atoms with Crippen molar-refractivity contribution in [2.75, 3.05) is 43.7 Å². The van der Waals surface area contributed by atoms with E-state index in [-0.39, 0.29) is 0 Å². The summed E-state index contributed by atoms with van der Waals surface area (Å²) in [5.74, 6) is 0. The molecule has 1 aliphatic rings. The van der Waals surface area contributed by atoms with Crippen LogP contribution in [0.4, 0.5) is 5.69 Å². The van der Waals surface area contributed by atoms with Crippen molar-refractivity contribution in [1.29, 1.82) is 0 Å². The summed E-state index contributed by atoms with van der Waals surface area (Å²) in [4.78, 5) is 2.24. The fourth-order valence-corrected chi connectivity index (χ4v) is 6.16. The van der Waals surface area contributed by atoms with E-state index in [4.69, 9.17) is 4.74 Å². The molecule has 2 heterocycles. The van der Waals surface area contributed by atoms with Crippen LogP contribution in [-0.4, -0.2) is 52.7 Å². The molecule has 0 N–H and O–H groups in total. The van der Waals surface area contributed by atoms with Crippen LogP contribution in [0.15, 0.2) is 50.5 Å². The predicted molar refractivity (Wildman–Crippen MR) is 100 cm³/mol. The number of anilines is 1. The number of hydrogen-bond donors (Lipinski definition) is 0. The SMILES string of the molecule is O=S(=O)(c1ccc(Br)s1)N(CCN1CCOCC1)c1ccccc1. The number of rotatable bonds is 6. The van der Waals surface area contributed by atoms with E-state index in [9.17, 15) is 8.42 Å². The molecule has 1 aromatic carbocycles. The highest BCUT2D eigenvalue weighted by atomic mass is 79.9. The lowest BCUT2D eigenvalue weighted by Crippen LogP contribution is -2.43. The summed E-state index contributed by atoms with van der Waals surface area (Å²) in [6, 6.07) is 12.7. The number of para-hydroxylation sites is 1. The maximum atomic E-state index is 13.1. The highest BCUT2D eigenvalue weighted by Crippen LogP contribution is 2.31. The number of nitrogens with zero attached hydrogens (tertiary/aromatic N) is 2. The number of morpholine rings is 1. The second-order valence-electron chi connectivity index (χ2n) is 5.43. The smallest absolute Gasteiger partial charge is 0.273 e. The lowest BCUT2D eigenvalue weighted by molar-refractivity contribution is 0.0395. The van der Waals surface area contributed by atoms with E-state index in [1.807, 2.05) is 30.3 Å². The van der Waals surface area contributed by atoms with Crippen molar-refractivity contribution < 1.29 is 13.2 Å². The van der Waals surface area contributed by atoms with Gasteiger partial charge in [-0.15, -0.1) is 11.3 Å². The first-order valence-electron chi connectivity index (χ1n) is 7.70. The van der Waals surface area contributed by atoms with Crippen LogP contribution >= 0.6 is 27.3 Å². The molecule has 1 saturated heterocycles. The third kappa shape index (κ3) is 4.18. The molecule has 5 nitrogen and oxygen atoms in total. The monoisotopic (exact) mass is 430 g/mol. The van der Waals surface area contributed by atoms with Crippen molar-refractivity contribution in [2.45, 2.75) is 4.21 Å². The molecule has 0 spiro atoms. The first-order valence-corrected chi connectivity index (χ1v) is 10.8. The standard InChI is InChI=1S/C16H19BrN2O3S2/c17-15-6-7-16(23-15)24(20,21)19(14-4-2-1-3-5-14)9-8-18-10-12-22-13-11-18/h1-7H,8-13H2. The van der Waals surface area contributed by atoms with Crippen molar-refractivity contribution >= 4 is 43.0 Å². The molecular weight excluding hydrogens is 412 g/mol. The van der Waals surface area contributed by atoms with E-state index < -0.39 is 10.0 Å². The van der Waals surface area contributed by atoms with Gasteiger partial charge in [0, 0.05) is 26.2 Å². The zero-order chi connectivity index (χ0) is 17.0. The lowest BCUT2D eigenvalue weighted by Gasteiger charge is -2.30. The third-order valence-corrected chi connectivity index (χ3v) is 7.78. The Kier molecular flexibility index (Phi) is 5.93. The molecule has 0 bridgehead atoms. The van der Waals surface area contributed by atoms with Gasteiger partial charge in [-0.2, -0.15) is 0 Å². The Morgan fingerprint density at radius 2 is 1.83 bits per heavy atom. The first-order chi connectivity index (χ1) is 11.6. The van der Waals surface area contributed by atoms with Gasteiger partial charge in [0.05, 0.1) is 22.7 Å². The summed E-state index contributed by atoms with van der Waals surface area (Å²) in [6.07, 6.45) is 0. The maximum absolute atomic E-state index is 13.1. The molecule has 8 heteroatoms. The van der Waals surface area contributed by atoms with Crippen LogP contribution in [0.25, 0.3) is 0 Å². The second-order valence-corrected chi connectivity index (χ2v) is 9.98. The van der Waals surface area contributed by atoms with Crippen molar-refractivity contribution in [2.24, 2.45) is 0 Å². The topological polar surface area (TPSA) is 49.9 Å². The Bertz CT molecular complexity index is 759. The Morgan fingerprint density at radius 1 is 1.12 bits per heavy atom. The van der Waals surface area contributed by atoms with Crippen molar-refractivity contribution in [1.82, 2.24) is 4.90 Å². The third-order valence-electron chi connectivity index (χ3n) is 3.86. The minimum absolute atomic E-state index is 0.347. The molecular formula is C16H19BrN2O3S2. The minimum atomic E-state index is -3.57. The van der Waals surface area contributed by atoms with E-state index in [0.717, 1.165) is 16.9 Å². The van der Waals surface area contributed by atoms with Gasteiger partial charge in [0.1, 0.15) is 4.21 Å². The van der Waals surface area contributed by atoms with E-state index in [0.29, 0.717) is 36.2 Å². The first kappa shape index (κ1) is 17.9. The van der Waals surface area contributed by atoms with Gasteiger partial charge in [0.25, 0.3) is 10.0 Å². The van der Waals surface area contributed by atoms with Crippen LogP contribution in [0.5, 0.6) is 0 Å². The van der Waals surface area contributed by atoms with Crippen molar-refractivity contribution in [3.63, 3.8) is 0 Å². The Hall–Kier alpha value is -0.930.